The molecule has 0 bridgehead atoms. The SMILES string of the molecule is Cc1cc2c3c(c1)-n1c4c(cc(C(C)(C)C)cc4c4sc5ccccc5c41)B3c1ccc(C(C)(C)C)cc1N2c1ccc(C(C)(C)C)cc1-c1ccccc1. The molecule has 55 heavy (non-hydrogen) atoms. The van der Waals surface area contributed by atoms with Gasteiger partial charge in [0.15, 0.2) is 0 Å². The van der Waals surface area contributed by atoms with Crippen molar-refractivity contribution in [2.24, 2.45) is 0 Å². The zero-order chi connectivity index (χ0) is 38.3. The predicted molar refractivity (Wildman–Crippen MR) is 242 cm³/mol. The fourth-order valence-corrected chi connectivity index (χ4v) is 10.5. The van der Waals surface area contributed by atoms with E-state index in [9.17, 15) is 0 Å². The number of fused-ring (bicyclic) bond motifs is 9. The van der Waals surface area contributed by atoms with Crippen LogP contribution in [0.1, 0.15) is 84.6 Å². The van der Waals surface area contributed by atoms with E-state index in [0.29, 0.717) is 0 Å². The predicted octanol–water partition coefficient (Wildman–Crippen LogP) is 12.5. The number of benzene rings is 6. The maximum absolute atomic E-state index is 2.65. The quantitative estimate of drug-likeness (QED) is 0.161. The van der Waals surface area contributed by atoms with Crippen LogP contribution in [-0.4, -0.2) is 11.3 Å². The van der Waals surface area contributed by atoms with E-state index in [2.05, 4.69) is 194 Å². The molecular formula is C51H49BN2S. The zero-order valence-corrected chi connectivity index (χ0v) is 34.7. The summed E-state index contributed by atoms with van der Waals surface area (Å²) in [5.41, 5.74) is 19.8. The van der Waals surface area contributed by atoms with Gasteiger partial charge in [0.05, 0.1) is 21.4 Å². The van der Waals surface area contributed by atoms with Crippen LogP contribution in [0.4, 0.5) is 17.1 Å². The molecule has 0 N–H and O–H groups in total. The topological polar surface area (TPSA) is 8.17 Å². The van der Waals surface area contributed by atoms with Crippen LogP contribution in [0.5, 0.6) is 0 Å². The van der Waals surface area contributed by atoms with Gasteiger partial charge in [-0.05, 0) is 110 Å². The Morgan fingerprint density at radius 2 is 1.16 bits per heavy atom. The van der Waals surface area contributed by atoms with E-state index in [-0.39, 0.29) is 23.0 Å². The second kappa shape index (κ2) is 11.5. The number of aryl methyl sites for hydroxylation is 1. The highest BCUT2D eigenvalue weighted by Gasteiger charge is 2.44. The summed E-state index contributed by atoms with van der Waals surface area (Å²) < 4.78 is 5.39. The first-order chi connectivity index (χ1) is 26.1. The molecule has 2 aliphatic rings. The van der Waals surface area contributed by atoms with Crippen molar-refractivity contribution in [1.29, 1.82) is 0 Å². The Labute approximate surface area is 330 Å². The van der Waals surface area contributed by atoms with Crippen LogP contribution >= 0.6 is 11.3 Å². The normalized spacial score (nSPS) is 13.9. The Morgan fingerprint density at radius 1 is 0.509 bits per heavy atom. The van der Waals surface area contributed by atoms with Crippen molar-refractivity contribution in [3.8, 4) is 16.8 Å². The lowest BCUT2D eigenvalue weighted by atomic mass is 9.33. The molecule has 2 aromatic heterocycles. The van der Waals surface area contributed by atoms with E-state index >= 15 is 0 Å². The van der Waals surface area contributed by atoms with Crippen molar-refractivity contribution < 1.29 is 0 Å². The van der Waals surface area contributed by atoms with E-state index in [4.69, 9.17) is 0 Å². The van der Waals surface area contributed by atoms with Crippen molar-refractivity contribution in [1.82, 2.24) is 4.57 Å². The second-order valence-electron chi connectivity index (χ2n) is 19.2. The van der Waals surface area contributed by atoms with Gasteiger partial charge in [-0.2, -0.15) is 0 Å². The maximum atomic E-state index is 2.65. The van der Waals surface area contributed by atoms with Crippen molar-refractivity contribution in [2.45, 2.75) is 85.5 Å². The summed E-state index contributed by atoms with van der Waals surface area (Å²) in [4.78, 5) is 2.63. The number of thiophene rings is 1. The average Bonchev–Trinajstić information content (AvgIpc) is 3.67. The smallest absolute Gasteiger partial charge is 0.252 e. The lowest BCUT2D eigenvalue weighted by Gasteiger charge is -2.42. The largest absolute Gasteiger partial charge is 0.311 e. The number of rotatable bonds is 2. The second-order valence-corrected chi connectivity index (χ2v) is 20.2. The summed E-state index contributed by atoms with van der Waals surface area (Å²) in [5.74, 6) is 0. The summed E-state index contributed by atoms with van der Waals surface area (Å²) >= 11 is 1.95. The van der Waals surface area contributed by atoms with Gasteiger partial charge in [-0.3, -0.25) is 0 Å². The molecular weight excluding hydrogens is 683 g/mol. The van der Waals surface area contributed by atoms with Crippen LogP contribution in [0.2, 0.25) is 0 Å². The van der Waals surface area contributed by atoms with Gasteiger partial charge in [-0.15, -0.1) is 11.3 Å². The van der Waals surface area contributed by atoms with Gasteiger partial charge in [-0.25, -0.2) is 0 Å². The summed E-state index contributed by atoms with van der Waals surface area (Å²) in [6, 6.07) is 44.6. The highest BCUT2D eigenvalue weighted by Crippen LogP contribution is 2.49. The van der Waals surface area contributed by atoms with Gasteiger partial charge in [0, 0.05) is 38.1 Å². The summed E-state index contributed by atoms with van der Waals surface area (Å²) in [6.07, 6.45) is 0. The number of aromatic nitrogens is 1. The molecule has 0 saturated carbocycles. The van der Waals surface area contributed by atoms with Gasteiger partial charge in [0.25, 0.3) is 6.71 Å². The minimum Gasteiger partial charge on any atom is -0.311 e. The average molecular weight is 733 g/mol. The lowest BCUT2D eigenvalue weighted by molar-refractivity contribution is 0.590. The van der Waals surface area contributed by atoms with Gasteiger partial charge in [-0.1, -0.05) is 135 Å². The zero-order valence-electron chi connectivity index (χ0n) is 33.8. The van der Waals surface area contributed by atoms with Crippen LogP contribution in [0, 0.1) is 6.92 Å². The molecule has 4 heteroatoms. The molecule has 4 heterocycles. The standard InChI is InChI=1S/C51H49BN2S/c1-30-24-42-45-43(25-30)54-46-37(48-47(54)35-18-14-15-19-44(35)55-48)27-34(51(8,9)10)28-39(46)52(45)38-22-20-33(50(5,6)7)29-41(38)53(42)40-23-21-32(49(2,3)4)26-36(40)31-16-12-11-13-17-31/h11-29H,1-10H3. The maximum Gasteiger partial charge on any atom is 0.252 e. The van der Waals surface area contributed by atoms with Crippen LogP contribution in [0.25, 0.3) is 48.0 Å². The summed E-state index contributed by atoms with van der Waals surface area (Å²) in [6.45, 7) is 23.4. The van der Waals surface area contributed by atoms with Gasteiger partial charge in [0.1, 0.15) is 0 Å². The first kappa shape index (κ1) is 34.4. The minimum atomic E-state index is -0.0107. The molecule has 0 unspecified atom stereocenters. The van der Waals surface area contributed by atoms with Gasteiger partial charge < -0.3 is 9.47 Å². The Kier molecular flexibility index (Phi) is 7.20. The van der Waals surface area contributed by atoms with Crippen LogP contribution in [-0.2, 0) is 16.2 Å². The molecule has 0 radical (unpaired) electrons. The molecule has 0 saturated heterocycles. The molecule has 0 spiro atoms. The van der Waals surface area contributed by atoms with Crippen molar-refractivity contribution >= 4 is 82.7 Å². The van der Waals surface area contributed by atoms with Gasteiger partial charge >= 0.3 is 0 Å². The Morgan fingerprint density at radius 3 is 1.89 bits per heavy atom. The van der Waals surface area contributed by atoms with Crippen LogP contribution in [0.3, 0.4) is 0 Å². The van der Waals surface area contributed by atoms with E-state index < -0.39 is 0 Å². The number of anilines is 3. The molecule has 2 aliphatic heterocycles. The highest BCUT2D eigenvalue weighted by atomic mass is 32.1. The monoisotopic (exact) mass is 732 g/mol. The molecule has 0 fully saturated rings. The summed E-state index contributed by atoms with van der Waals surface area (Å²) in [5, 5.41) is 2.72. The highest BCUT2D eigenvalue weighted by molar-refractivity contribution is 7.26. The molecule has 6 aromatic carbocycles. The fourth-order valence-electron chi connectivity index (χ4n) is 9.31. The molecule has 0 amide bonds. The molecule has 0 atom stereocenters. The van der Waals surface area contributed by atoms with Gasteiger partial charge in [0.2, 0.25) is 0 Å². The Balaban J connectivity index is 1.38. The van der Waals surface area contributed by atoms with Crippen molar-refractivity contribution in [3.63, 3.8) is 0 Å². The third-order valence-electron chi connectivity index (χ3n) is 12.3. The fraction of sp³-hybridized carbons (Fsp3) is 0.255. The first-order valence-corrected chi connectivity index (χ1v) is 20.7. The number of hydrogen-bond donors (Lipinski definition) is 0. The number of hydrogen-bond acceptors (Lipinski definition) is 2. The Hall–Kier alpha value is -5.06. The van der Waals surface area contributed by atoms with Crippen LogP contribution < -0.4 is 21.3 Å². The molecule has 0 aliphatic carbocycles. The first-order valence-electron chi connectivity index (χ1n) is 19.9. The summed E-state index contributed by atoms with van der Waals surface area (Å²) in [7, 11) is 0. The molecule has 10 rings (SSSR count). The minimum absolute atomic E-state index is 0.00874. The van der Waals surface area contributed by atoms with E-state index in [1.54, 1.807) is 0 Å². The number of nitrogens with zero attached hydrogens (tertiary/aromatic N) is 2. The van der Waals surface area contributed by atoms with E-state index in [0.717, 1.165) is 0 Å². The third kappa shape index (κ3) is 5.06. The molecule has 2 nitrogen and oxygen atoms in total. The molecule has 272 valence electrons. The van der Waals surface area contributed by atoms with E-state index in [1.807, 2.05) is 11.3 Å². The lowest BCUT2D eigenvalue weighted by Crippen LogP contribution is -2.60. The molecule has 8 aromatic rings. The van der Waals surface area contributed by atoms with Crippen molar-refractivity contribution in [3.05, 3.63) is 138 Å². The van der Waals surface area contributed by atoms with E-state index in [1.165, 1.54) is 104 Å². The Bertz CT molecular complexity index is 2890. The van der Waals surface area contributed by atoms with Crippen LogP contribution in [0.15, 0.2) is 115 Å². The van der Waals surface area contributed by atoms with Crippen molar-refractivity contribution in [2.75, 3.05) is 4.90 Å². The third-order valence-corrected chi connectivity index (χ3v) is 13.5.